The van der Waals surface area contributed by atoms with Gasteiger partial charge in [-0.2, -0.15) is 0 Å². The highest BCUT2D eigenvalue weighted by Gasteiger charge is 2.21. The topological polar surface area (TPSA) is 62.5 Å². The predicted molar refractivity (Wildman–Crippen MR) is 117 cm³/mol. The first-order valence-corrected chi connectivity index (χ1v) is 10.4. The van der Waals surface area contributed by atoms with Gasteiger partial charge in [-0.15, -0.1) is 10.2 Å². The van der Waals surface area contributed by atoms with Crippen LogP contribution in [-0.4, -0.2) is 58.6 Å². The molecule has 1 fully saturated rings. The molecule has 1 saturated heterocycles. The van der Waals surface area contributed by atoms with Crippen molar-refractivity contribution in [2.45, 2.75) is 12.8 Å². The van der Waals surface area contributed by atoms with Crippen LogP contribution in [0.15, 0.2) is 71.2 Å². The van der Waals surface area contributed by atoms with Gasteiger partial charge in [0.05, 0.1) is 0 Å². The molecule has 0 saturated carbocycles. The molecule has 1 aliphatic rings. The molecular formula is C24H26N4O2. The molecule has 0 atom stereocenters. The van der Waals surface area contributed by atoms with Crippen LogP contribution >= 0.6 is 0 Å². The molecule has 6 heteroatoms. The molecule has 30 heavy (non-hydrogen) atoms. The van der Waals surface area contributed by atoms with E-state index in [-0.39, 0.29) is 5.91 Å². The Labute approximate surface area is 176 Å². The highest BCUT2D eigenvalue weighted by atomic mass is 16.4. The van der Waals surface area contributed by atoms with E-state index in [1.165, 1.54) is 5.56 Å². The number of aryl methyl sites for hydroxylation is 1. The zero-order chi connectivity index (χ0) is 20.6. The van der Waals surface area contributed by atoms with Gasteiger partial charge >= 0.3 is 0 Å². The summed E-state index contributed by atoms with van der Waals surface area (Å²) in [5.41, 5.74) is 2.10. The number of piperazine rings is 1. The number of carbonyl (C=O) groups excluding carboxylic acids is 1. The van der Waals surface area contributed by atoms with Crippen LogP contribution in [0.5, 0.6) is 0 Å². The van der Waals surface area contributed by atoms with Crippen LogP contribution < -0.4 is 0 Å². The van der Waals surface area contributed by atoms with Crippen molar-refractivity contribution in [3.8, 4) is 11.5 Å². The minimum atomic E-state index is 0.147. The molecular weight excluding hydrogens is 376 g/mol. The molecule has 6 nitrogen and oxygen atoms in total. The molecule has 0 unspecified atom stereocenters. The molecule has 1 aliphatic heterocycles. The van der Waals surface area contributed by atoms with Crippen molar-refractivity contribution < 1.29 is 9.21 Å². The van der Waals surface area contributed by atoms with Gasteiger partial charge in [0.2, 0.25) is 17.7 Å². The molecule has 0 spiro atoms. The smallest absolute Gasteiger partial charge is 0.247 e. The van der Waals surface area contributed by atoms with Crippen molar-refractivity contribution in [3.05, 3.63) is 78.2 Å². The van der Waals surface area contributed by atoms with Crippen molar-refractivity contribution in [1.82, 2.24) is 20.0 Å². The Morgan fingerprint density at radius 3 is 2.37 bits per heavy atom. The molecule has 1 amide bonds. The van der Waals surface area contributed by atoms with E-state index < -0.39 is 0 Å². The average molecular weight is 402 g/mol. The van der Waals surface area contributed by atoms with Gasteiger partial charge in [-0.05, 0) is 17.7 Å². The van der Waals surface area contributed by atoms with Gasteiger partial charge < -0.3 is 9.32 Å². The summed E-state index contributed by atoms with van der Waals surface area (Å²) in [7, 11) is 0. The fourth-order valence-corrected chi connectivity index (χ4v) is 3.51. The second-order valence-corrected chi connectivity index (χ2v) is 7.36. The second-order valence-electron chi connectivity index (χ2n) is 7.36. The van der Waals surface area contributed by atoms with Crippen LogP contribution in [-0.2, 0) is 11.2 Å². The van der Waals surface area contributed by atoms with E-state index >= 15 is 0 Å². The summed E-state index contributed by atoms with van der Waals surface area (Å²) in [6.07, 6.45) is 5.20. The van der Waals surface area contributed by atoms with Gasteiger partial charge in [0.25, 0.3) is 0 Å². The van der Waals surface area contributed by atoms with Crippen LogP contribution in [0.2, 0.25) is 0 Å². The predicted octanol–water partition coefficient (Wildman–Crippen LogP) is 3.53. The third-order valence-electron chi connectivity index (χ3n) is 5.24. The van der Waals surface area contributed by atoms with Gasteiger partial charge in [-0.3, -0.25) is 9.69 Å². The Kier molecular flexibility index (Phi) is 6.67. The van der Waals surface area contributed by atoms with Crippen molar-refractivity contribution in [2.75, 3.05) is 32.7 Å². The van der Waals surface area contributed by atoms with Gasteiger partial charge in [0.1, 0.15) is 0 Å². The summed E-state index contributed by atoms with van der Waals surface area (Å²) < 4.78 is 5.70. The number of hydrogen-bond donors (Lipinski definition) is 0. The van der Waals surface area contributed by atoms with Crippen LogP contribution in [0.25, 0.3) is 17.5 Å². The van der Waals surface area contributed by atoms with E-state index in [9.17, 15) is 4.79 Å². The Bertz CT molecular complexity index is 961. The first-order valence-electron chi connectivity index (χ1n) is 10.4. The lowest BCUT2D eigenvalue weighted by Gasteiger charge is -2.34. The number of carbonyl (C=O) groups is 1. The zero-order valence-electron chi connectivity index (χ0n) is 17.0. The summed E-state index contributed by atoms with van der Waals surface area (Å²) in [4.78, 5) is 16.9. The largest absolute Gasteiger partial charge is 0.421 e. The van der Waals surface area contributed by atoms with E-state index in [0.717, 1.165) is 38.3 Å². The fraction of sp³-hybridized carbons (Fsp3) is 0.292. The van der Waals surface area contributed by atoms with Gasteiger partial charge in [-0.25, -0.2) is 0 Å². The SMILES string of the molecule is O=C(CCc1nnc(-c2ccccc2)o1)N1CCN(C/C=C/c2ccccc2)CC1. The zero-order valence-corrected chi connectivity index (χ0v) is 17.0. The monoisotopic (exact) mass is 402 g/mol. The lowest BCUT2D eigenvalue weighted by Crippen LogP contribution is -2.48. The lowest BCUT2D eigenvalue weighted by molar-refractivity contribution is -0.132. The summed E-state index contributed by atoms with van der Waals surface area (Å²) >= 11 is 0. The Morgan fingerprint density at radius 2 is 1.63 bits per heavy atom. The fourth-order valence-electron chi connectivity index (χ4n) is 3.51. The molecule has 154 valence electrons. The van der Waals surface area contributed by atoms with E-state index in [0.29, 0.717) is 24.6 Å². The van der Waals surface area contributed by atoms with Crippen LogP contribution in [0, 0.1) is 0 Å². The third kappa shape index (κ3) is 5.42. The number of benzene rings is 2. The summed E-state index contributed by atoms with van der Waals surface area (Å²) in [5.74, 6) is 1.15. The van der Waals surface area contributed by atoms with E-state index in [1.54, 1.807) is 0 Å². The number of nitrogens with zero attached hydrogens (tertiary/aromatic N) is 4. The maximum absolute atomic E-state index is 12.6. The van der Waals surface area contributed by atoms with Crippen molar-refractivity contribution in [2.24, 2.45) is 0 Å². The van der Waals surface area contributed by atoms with E-state index in [2.05, 4.69) is 39.4 Å². The van der Waals surface area contributed by atoms with Crippen LogP contribution in [0.4, 0.5) is 0 Å². The van der Waals surface area contributed by atoms with Crippen molar-refractivity contribution >= 4 is 12.0 Å². The maximum Gasteiger partial charge on any atom is 0.247 e. The van der Waals surface area contributed by atoms with Crippen LogP contribution in [0.1, 0.15) is 17.9 Å². The summed E-state index contributed by atoms with van der Waals surface area (Å²) in [6.45, 7) is 4.21. The first kappa shape index (κ1) is 20.0. The quantitative estimate of drug-likeness (QED) is 0.605. The Morgan fingerprint density at radius 1 is 0.933 bits per heavy atom. The average Bonchev–Trinajstić information content (AvgIpc) is 3.28. The van der Waals surface area contributed by atoms with E-state index in [4.69, 9.17) is 4.42 Å². The first-order chi connectivity index (χ1) is 14.8. The molecule has 1 aromatic heterocycles. The molecule has 4 rings (SSSR count). The number of aromatic nitrogens is 2. The number of amides is 1. The van der Waals surface area contributed by atoms with Gasteiger partial charge in [-0.1, -0.05) is 60.7 Å². The van der Waals surface area contributed by atoms with Gasteiger partial charge in [0, 0.05) is 51.1 Å². The minimum absolute atomic E-state index is 0.147. The molecule has 0 N–H and O–H groups in total. The molecule has 0 bridgehead atoms. The summed E-state index contributed by atoms with van der Waals surface area (Å²) in [6, 6.07) is 20.0. The lowest BCUT2D eigenvalue weighted by atomic mass is 10.2. The molecule has 2 heterocycles. The number of hydrogen-bond acceptors (Lipinski definition) is 5. The second kappa shape index (κ2) is 9.98. The van der Waals surface area contributed by atoms with Crippen LogP contribution in [0.3, 0.4) is 0 Å². The molecule has 2 aromatic carbocycles. The molecule has 0 aliphatic carbocycles. The normalized spacial score (nSPS) is 15.0. The standard InChI is InChI=1S/C24H26N4O2/c29-23(14-13-22-25-26-24(30-22)21-11-5-2-6-12-21)28-18-16-27(17-19-28)15-7-10-20-8-3-1-4-9-20/h1-12H,13-19H2/b10-7+. The highest BCUT2D eigenvalue weighted by molar-refractivity contribution is 5.76. The summed E-state index contributed by atoms with van der Waals surface area (Å²) in [5, 5.41) is 8.16. The maximum atomic E-state index is 12.6. The third-order valence-corrected chi connectivity index (χ3v) is 5.24. The number of rotatable bonds is 7. The molecule has 3 aromatic rings. The van der Waals surface area contributed by atoms with E-state index in [1.807, 2.05) is 53.4 Å². The highest BCUT2D eigenvalue weighted by Crippen LogP contribution is 2.17. The van der Waals surface area contributed by atoms with Crippen molar-refractivity contribution in [3.63, 3.8) is 0 Å². The van der Waals surface area contributed by atoms with Crippen molar-refractivity contribution in [1.29, 1.82) is 0 Å². The molecule has 0 radical (unpaired) electrons. The Hall–Kier alpha value is -3.25. The minimum Gasteiger partial charge on any atom is -0.421 e. The van der Waals surface area contributed by atoms with Gasteiger partial charge in [0.15, 0.2) is 0 Å². The Balaban J connectivity index is 1.19.